The lowest BCUT2D eigenvalue weighted by Gasteiger charge is -2.17. The number of aryl methyl sites for hydroxylation is 1. The van der Waals surface area contributed by atoms with Gasteiger partial charge in [0, 0.05) is 31.8 Å². The molecule has 2 aromatic rings. The highest BCUT2D eigenvalue weighted by Crippen LogP contribution is 2.20. The number of Topliss-reactive ketones (excluding diaryl/α,β-unsaturated/α-hetero) is 1. The standard InChI is InChI=1S/C18H21NO2/c1-13-11-14(9-10-16(13)19(2)3)12-17(20)18(21)15-7-5-4-6-8-15/h4-11,17,20H,12H2,1-3H3. The van der Waals surface area contributed by atoms with E-state index in [1.54, 1.807) is 24.3 Å². The average Bonchev–Trinajstić information content (AvgIpc) is 2.47. The third-order valence-corrected chi connectivity index (χ3v) is 3.53. The SMILES string of the molecule is Cc1cc(CC(O)C(=O)c2ccccc2)ccc1N(C)C. The summed E-state index contributed by atoms with van der Waals surface area (Å²) in [6.45, 7) is 2.03. The van der Waals surface area contributed by atoms with Crippen LogP contribution in [0, 0.1) is 6.92 Å². The number of ketones is 1. The minimum Gasteiger partial charge on any atom is -0.385 e. The van der Waals surface area contributed by atoms with E-state index in [-0.39, 0.29) is 5.78 Å². The molecule has 3 heteroatoms. The molecule has 1 unspecified atom stereocenters. The molecule has 0 spiro atoms. The third kappa shape index (κ3) is 3.70. The van der Waals surface area contributed by atoms with Gasteiger partial charge < -0.3 is 10.0 Å². The number of nitrogens with zero attached hydrogens (tertiary/aromatic N) is 1. The molecular weight excluding hydrogens is 262 g/mol. The minimum atomic E-state index is -1.00. The van der Waals surface area contributed by atoms with Gasteiger partial charge in [0.1, 0.15) is 6.10 Å². The Labute approximate surface area is 125 Å². The monoisotopic (exact) mass is 283 g/mol. The lowest BCUT2D eigenvalue weighted by atomic mass is 9.98. The molecule has 2 aromatic carbocycles. The molecular formula is C18H21NO2. The second-order valence-corrected chi connectivity index (χ2v) is 5.47. The van der Waals surface area contributed by atoms with Crippen molar-refractivity contribution >= 4 is 11.5 Å². The first kappa shape index (κ1) is 15.3. The molecule has 110 valence electrons. The number of aliphatic hydroxyl groups is 1. The number of anilines is 1. The molecule has 0 radical (unpaired) electrons. The summed E-state index contributed by atoms with van der Waals surface area (Å²) in [4.78, 5) is 14.2. The fraction of sp³-hybridized carbons (Fsp3) is 0.278. The van der Waals surface area contributed by atoms with Crippen molar-refractivity contribution in [1.29, 1.82) is 0 Å². The lowest BCUT2D eigenvalue weighted by molar-refractivity contribution is 0.0748. The Hall–Kier alpha value is -2.13. The van der Waals surface area contributed by atoms with Crippen LogP contribution in [0.1, 0.15) is 21.5 Å². The second-order valence-electron chi connectivity index (χ2n) is 5.47. The average molecular weight is 283 g/mol. The summed E-state index contributed by atoms with van der Waals surface area (Å²) in [5, 5.41) is 10.1. The summed E-state index contributed by atoms with van der Waals surface area (Å²) >= 11 is 0. The van der Waals surface area contributed by atoms with Crippen LogP contribution in [0.3, 0.4) is 0 Å². The normalized spacial score (nSPS) is 12.0. The van der Waals surface area contributed by atoms with E-state index in [0.717, 1.165) is 16.8 Å². The third-order valence-electron chi connectivity index (χ3n) is 3.53. The second kappa shape index (κ2) is 6.55. The molecule has 1 N–H and O–H groups in total. The summed E-state index contributed by atoms with van der Waals surface area (Å²) in [5.41, 5.74) is 3.79. The predicted octanol–water partition coefficient (Wildman–Crippen LogP) is 2.85. The smallest absolute Gasteiger partial charge is 0.191 e. The van der Waals surface area contributed by atoms with Crippen LogP contribution in [-0.4, -0.2) is 31.1 Å². The largest absolute Gasteiger partial charge is 0.385 e. The van der Waals surface area contributed by atoms with Gasteiger partial charge >= 0.3 is 0 Å². The Morgan fingerprint density at radius 3 is 2.38 bits per heavy atom. The molecule has 0 saturated carbocycles. The van der Waals surface area contributed by atoms with Crippen molar-refractivity contribution in [3.63, 3.8) is 0 Å². The fourth-order valence-electron chi connectivity index (χ4n) is 2.46. The van der Waals surface area contributed by atoms with Crippen molar-refractivity contribution in [2.45, 2.75) is 19.4 Å². The highest BCUT2D eigenvalue weighted by molar-refractivity contribution is 5.99. The van der Waals surface area contributed by atoms with Crippen molar-refractivity contribution in [3.8, 4) is 0 Å². The van der Waals surface area contributed by atoms with E-state index in [2.05, 4.69) is 0 Å². The van der Waals surface area contributed by atoms with Crippen molar-refractivity contribution in [3.05, 3.63) is 65.2 Å². The van der Waals surface area contributed by atoms with Gasteiger partial charge in [-0.2, -0.15) is 0 Å². The maximum atomic E-state index is 12.2. The summed E-state index contributed by atoms with van der Waals surface area (Å²) in [6, 6.07) is 14.9. The van der Waals surface area contributed by atoms with E-state index in [4.69, 9.17) is 0 Å². The quantitative estimate of drug-likeness (QED) is 0.858. The van der Waals surface area contributed by atoms with E-state index in [1.807, 2.05) is 50.2 Å². The topological polar surface area (TPSA) is 40.5 Å². The molecule has 0 amide bonds. The van der Waals surface area contributed by atoms with Gasteiger partial charge in [-0.05, 0) is 24.1 Å². The van der Waals surface area contributed by atoms with Gasteiger partial charge in [0.2, 0.25) is 0 Å². The number of hydrogen-bond donors (Lipinski definition) is 1. The van der Waals surface area contributed by atoms with Gasteiger partial charge in [-0.3, -0.25) is 4.79 Å². The van der Waals surface area contributed by atoms with Gasteiger partial charge in [-0.1, -0.05) is 42.5 Å². The molecule has 21 heavy (non-hydrogen) atoms. The first-order valence-electron chi connectivity index (χ1n) is 7.03. The van der Waals surface area contributed by atoms with E-state index in [0.29, 0.717) is 12.0 Å². The maximum absolute atomic E-state index is 12.2. The Morgan fingerprint density at radius 2 is 1.81 bits per heavy atom. The molecule has 0 heterocycles. The minimum absolute atomic E-state index is 0.232. The maximum Gasteiger partial charge on any atom is 0.191 e. The zero-order valence-electron chi connectivity index (χ0n) is 12.7. The van der Waals surface area contributed by atoms with Crippen LogP contribution in [-0.2, 0) is 6.42 Å². The highest BCUT2D eigenvalue weighted by Gasteiger charge is 2.17. The fourth-order valence-corrected chi connectivity index (χ4v) is 2.46. The molecule has 0 aliphatic rings. The van der Waals surface area contributed by atoms with Crippen LogP contribution < -0.4 is 4.90 Å². The number of hydrogen-bond acceptors (Lipinski definition) is 3. The Bertz CT molecular complexity index is 620. The van der Waals surface area contributed by atoms with Gasteiger partial charge in [-0.15, -0.1) is 0 Å². The zero-order valence-corrected chi connectivity index (χ0v) is 12.7. The lowest BCUT2D eigenvalue weighted by Crippen LogP contribution is -2.23. The van der Waals surface area contributed by atoms with Gasteiger partial charge in [0.25, 0.3) is 0 Å². The van der Waals surface area contributed by atoms with Crippen LogP contribution in [0.25, 0.3) is 0 Å². The first-order valence-corrected chi connectivity index (χ1v) is 7.03. The zero-order chi connectivity index (χ0) is 15.4. The number of benzene rings is 2. The molecule has 0 aliphatic carbocycles. The summed E-state index contributed by atoms with van der Waals surface area (Å²) in [7, 11) is 3.99. The van der Waals surface area contributed by atoms with E-state index in [9.17, 15) is 9.90 Å². The van der Waals surface area contributed by atoms with Crippen LogP contribution in [0.4, 0.5) is 5.69 Å². The van der Waals surface area contributed by atoms with Gasteiger partial charge in [-0.25, -0.2) is 0 Å². The molecule has 0 bridgehead atoms. The van der Waals surface area contributed by atoms with E-state index < -0.39 is 6.10 Å². The highest BCUT2D eigenvalue weighted by atomic mass is 16.3. The molecule has 0 aromatic heterocycles. The molecule has 0 fully saturated rings. The number of carbonyl (C=O) groups is 1. The first-order chi connectivity index (χ1) is 9.99. The van der Waals surface area contributed by atoms with Crippen molar-refractivity contribution < 1.29 is 9.90 Å². The number of rotatable bonds is 5. The predicted molar refractivity (Wildman–Crippen MR) is 86.0 cm³/mol. The van der Waals surface area contributed by atoms with E-state index >= 15 is 0 Å². The molecule has 2 rings (SSSR count). The summed E-state index contributed by atoms with van der Waals surface area (Å²) in [5.74, 6) is -0.232. The van der Waals surface area contributed by atoms with Crippen molar-refractivity contribution in [1.82, 2.24) is 0 Å². The summed E-state index contributed by atoms with van der Waals surface area (Å²) in [6.07, 6.45) is -0.667. The molecule has 0 aliphatic heterocycles. The molecule has 1 atom stereocenters. The molecule has 3 nitrogen and oxygen atoms in total. The van der Waals surface area contributed by atoms with Crippen molar-refractivity contribution in [2.75, 3.05) is 19.0 Å². The van der Waals surface area contributed by atoms with Crippen LogP contribution in [0.2, 0.25) is 0 Å². The number of carbonyl (C=O) groups excluding carboxylic acids is 1. The van der Waals surface area contributed by atoms with Gasteiger partial charge in [0.15, 0.2) is 5.78 Å². The van der Waals surface area contributed by atoms with Crippen molar-refractivity contribution in [2.24, 2.45) is 0 Å². The van der Waals surface area contributed by atoms with E-state index in [1.165, 1.54) is 0 Å². The molecule has 0 saturated heterocycles. The summed E-state index contributed by atoms with van der Waals surface area (Å²) < 4.78 is 0. The van der Waals surface area contributed by atoms with Crippen LogP contribution in [0.5, 0.6) is 0 Å². The van der Waals surface area contributed by atoms with Gasteiger partial charge in [0.05, 0.1) is 0 Å². The number of aliphatic hydroxyl groups excluding tert-OH is 1. The van der Waals surface area contributed by atoms with Crippen LogP contribution >= 0.6 is 0 Å². The van der Waals surface area contributed by atoms with Crippen LogP contribution in [0.15, 0.2) is 48.5 Å². The Morgan fingerprint density at radius 1 is 1.14 bits per heavy atom. The Balaban J connectivity index is 2.11. The Kier molecular flexibility index (Phi) is 4.76.